The summed E-state index contributed by atoms with van der Waals surface area (Å²) in [5.41, 5.74) is 2.50. The highest BCUT2D eigenvalue weighted by Crippen LogP contribution is 2.17. The largest absolute Gasteiger partial charge is 0.310 e. The van der Waals surface area contributed by atoms with Crippen LogP contribution in [0.1, 0.15) is 21.6 Å². The zero-order valence-corrected chi connectivity index (χ0v) is 13.6. The highest BCUT2D eigenvalue weighted by Gasteiger charge is 2.18. The number of amides is 1. The Bertz CT molecular complexity index is 952. The molecule has 3 rings (SSSR count). The van der Waals surface area contributed by atoms with Crippen molar-refractivity contribution < 1.29 is 9.18 Å². The maximum absolute atomic E-state index is 13.5. The fourth-order valence-corrected chi connectivity index (χ4v) is 2.39. The lowest BCUT2D eigenvalue weighted by Gasteiger charge is -2.15. The van der Waals surface area contributed by atoms with Crippen molar-refractivity contribution in [2.75, 3.05) is 11.9 Å². The van der Waals surface area contributed by atoms with Gasteiger partial charge in [-0.2, -0.15) is 5.26 Å². The number of benzene rings is 2. The standard InChI is InChI=1S/C18H14FN5O/c1-12-7-14(19)9-16(8-12)24-11-17(21-22-24)18(25)23(2)15-5-3-13(10-20)4-6-15/h3-9,11H,1-2H3. The number of halogens is 1. The van der Waals surface area contributed by atoms with E-state index < -0.39 is 0 Å². The molecule has 7 heteroatoms. The number of carbonyl (C=O) groups excluding carboxylic acids is 1. The van der Waals surface area contributed by atoms with E-state index in [0.717, 1.165) is 5.56 Å². The molecule has 0 bridgehead atoms. The average molecular weight is 335 g/mol. The van der Waals surface area contributed by atoms with Crippen molar-refractivity contribution in [1.29, 1.82) is 5.26 Å². The van der Waals surface area contributed by atoms with Gasteiger partial charge in [0.15, 0.2) is 5.69 Å². The highest BCUT2D eigenvalue weighted by atomic mass is 19.1. The first-order valence-corrected chi connectivity index (χ1v) is 7.46. The van der Waals surface area contributed by atoms with Gasteiger partial charge in [-0.15, -0.1) is 5.10 Å². The number of aryl methyl sites for hydroxylation is 1. The summed E-state index contributed by atoms with van der Waals surface area (Å²) >= 11 is 0. The van der Waals surface area contributed by atoms with Crippen LogP contribution in [0.15, 0.2) is 48.7 Å². The van der Waals surface area contributed by atoms with Gasteiger partial charge in [0, 0.05) is 12.7 Å². The van der Waals surface area contributed by atoms with E-state index in [1.807, 2.05) is 6.07 Å². The number of carbonyl (C=O) groups is 1. The number of rotatable bonds is 3. The summed E-state index contributed by atoms with van der Waals surface area (Å²) in [5.74, 6) is -0.739. The van der Waals surface area contributed by atoms with Crippen molar-refractivity contribution in [3.63, 3.8) is 0 Å². The SMILES string of the molecule is Cc1cc(F)cc(-n2cc(C(=O)N(C)c3ccc(C#N)cc3)nn2)c1. The van der Waals surface area contributed by atoms with Gasteiger partial charge in [0.05, 0.1) is 23.5 Å². The van der Waals surface area contributed by atoms with Gasteiger partial charge in [0.25, 0.3) is 5.91 Å². The molecule has 0 aliphatic carbocycles. The molecular formula is C18H14FN5O. The number of nitrogens with zero attached hydrogens (tertiary/aromatic N) is 5. The van der Waals surface area contributed by atoms with Crippen molar-refractivity contribution in [3.8, 4) is 11.8 Å². The molecule has 3 aromatic rings. The van der Waals surface area contributed by atoms with E-state index in [1.54, 1.807) is 44.3 Å². The first-order chi connectivity index (χ1) is 12.0. The zero-order valence-electron chi connectivity index (χ0n) is 13.6. The van der Waals surface area contributed by atoms with Crippen LogP contribution in [-0.4, -0.2) is 27.9 Å². The summed E-state index contributed by atoms with van der Waals surface area (Å²) in [6.45, 7) is 1.77. The van der Waals surface area contributed by atoms with Gasteiger partial charge in [-0.25, -0.2) is 9.07 Å². The third-order valence-corrected chi connectivity index (χ3v) is 3.69. The van der Waals surface area contributed by atoms with E-state index in [9.17, 15) is 9.18 Å². The van der Waals surface area contributed by atoms with Gasteiger partial charge in [-0.05, 0) is 55.0 Å². The molecule has 0 radical (unpaired) electrons. The minimum absolute atomic E-state index is 0.133. The Morgan fingerprint density at radius 2 is 1.96 bits per heavy atom. The van der Waals surface area contributed by atoms with Crippen LogP contribution in [0, 0.1) is 24.1 Å². The third-order valence-electron chi connectivity index (χ3n) is 3.69. The molecule has 0 fully saturated rings. The van der Waals surface area contributed by atoms with Gasteiger partial charge in [-0.3, -0.25) is 4.79 Å². The van der Waals surface area contributed by atoms with E-state index in [0.29, 0.717) is 16.9 Å². The monoisotopic (exact) mass is 335 g/mol. The van der Waals surface area contributed by atoms with E-state index >= 15 is 0 Å². The van der Waals surface area contributed by atoms with Crippen molar-refractivity contribution in [2.24, 2.45) is 0 Å². The van der Waals surface area contributed by atoms with Gasteiger partial charge in [0.1, 0.15) is 5.82 Å². The molecular weight excluding hydrogens is 321 g/mol. The second kappa shape index (κ2) is 6.53. The summed E-state index contributed by atoms with van der Waals surface area (Å²) in [5, 5.41) is 16.6. The molecule has 0 aliphatic heterocycles. The summed E-state index contributed by atoms with van der Waals surface area (Å²) in [6, 6.07) is 13.1. The van der Waals surface area contributed by atoms with Gasteiger partial charge < -0.3 is 4.90 Å². The second-order valence-electron chi connectivity index (χ2n) is 5.56. The molecule has 0 aliphatic rings. The predicted octanol–water partition coefficient (Wildman–Crippen LogP) is 2.86. The molecule has 0 atom stereocenters. The van der Waals surface area contributed by atoms with Crippen LogP contribution >= 0.6 is 0 Å². The molecule has 25 heavy (non-hydrogen) atoms. The Balaban J connectivity index is 1.85. The van der Waals surface area contributed by atoms with Crippen LogP contribution < -0.4 is 4.90 Å². The molecule has 0 saturated heterocycles. The number of hydrogen-bond acceptors (Lipinski definition) is 4. The molecule has 0 spiro atoms. The molecule has 1 amide bonds. The number of hydrogen-bond donors (Lipinski definition) is 0. The number of anilines is 1. The van der Waals surface area contributed by atoms with Crippen molar-refractivity contribution >= 4 is 11.6 Å². The predicted molar refractivity (Wildman–Crippen MR) is 89.9 cm³/mol. The molecule has 1 heterocycles. The lowest BCUT2D eigenvalue weighted by Crippen LogP contribution is -2.26. The minimum atomic E-state index is -0.381. The molecule has 0 saturated carbocycles. The van der Waals surface area contributed by atoms with Crippen molar-refractivity contribution in [3.05, 3.63) is 71.3 Å². The zero-order chi connectivity index (χ0) is 18.0. The number of aromatic nitrogens is 3. The van der Waals surface area contributed by atoms with E-state index in [-0.39, 0.29) is 17.4 Å². The van der Waals surface area contributed by atoms with E-state index in [2.05, 4.69) is 10.3 Å². The smallest absolute Gasteiger partial charge is 0.280 e. The van der Waals surface area contributed by atoms with Crippen molar-refractivity contribution in [2.45, 2.75) is 6.92 Å². The molecule has 0 unspecified atom stereocenters. The Morgan fingerprint density at radius 3 is 2.60 bits per heavy atom. The molecule has 124 valence electrons. The Morgan fingerprint density at radius 1 is 1.24 bits per heavy atom. The van der Waals surface area contributed by atoms with E-state index in [4.69, 9.17) is 5.26 Å². The van der Waals surface area contributed by atoms with Crippen LogP contribution in [0.5, 0.6) is 0 Å². The normalized spacial score (nSPS) is 10.3. The topological polar surface area (TPSA) is 74.8 Å². The van der Waals surface area contributed by atoms with Gasteiger partial charge in [0.2, 0.25) is 0 Å². The first kappa shape index (κ1) is 16.3. The third kappa shape index (κ3) is 3.38. The lowest BCUT2D eigenvalue weighted by molar-refractivity contribution is 0.0988. The lowest BCUT2D eigenvalue weighted by atomic mass is 10.2. The van der Waals surface area contributed by atoms with Crippen LogP contribution in [0.4, 0.5) is 10.1 Å². The molecule has 0 N–H and O–H groups in total. The summed E-state index contributed by atoms with van der Waals surface area (Å²) in [4.78, 5) is 14.0. The fraction of sp³-hybridized carbons (Fsp3) is 0.111. The maximum atomic E-state index is 13.5. The summed E-state index contributed by atoms with van der Waals surface area (Å²) < 4.78 is 14.9. The Labute approximate surface area is 143 Å². The number of nitriles is 1. The minimum Gasteiger partial charge on any atom is -0.310 e. The van der Waals surface area contributed by atoms with E-state index in [1.165, 1.54) is 27.9 Å². The molecule has 1 aromatic heterocycles. The van der Waals surface area contributed by atoms with Crippen LogP contribution in [0.2, 0.25) is 0 Å². The fourth-order valence-electron chi connectivity index (χ4n) is 2.39. The quantitative estimate of drug-likeness (QED) is 0.737. The second-order valence-corrected chi connectivity index (χ2v) is 5.56. The Hall–Kier alpha value is -3.53. The van der Waals surface area contributed by atoms with Gasteiger partial charge in [-0.1, -0.05) is 5.21 Å². The molecule has 2 aromatic carbocycles. The highest BCUT2D eigenvalue weighted by molar-refractivity contribution is 6.04. The van der Waals surface area contributed by atoms with Gasteiger partial charge >= 0.3 is 0 Å². The van der Waals surface area contributed by atoms with Crippen LogP contribution in [0.3, 0.4) is 0 Å². The van der Waals surface area contributed by atoms with Crippen LogP contribution in [-0.2, 0) is 0 Å². The first-order valence-electron chi connectivity index (χ1n) is 7.46. The Kier molecular flexibility index (Phi) is 4.27. The van der Waals surface area contributed by atoms with Crippen LogP contribution in [0.25, 0.3) is 5.69 Å². The van der Waals surface area contributed by atoms with Crippen molar-refractivity contribution in [1.82, 2.24) is 15.0 Å². The maximum Gasteiger partial charge on any atom is 0.280 e. The summed E-state index contributed by atoms with van der Waals surface area (Å²) in [7, 11) is 1.61. The summed E-state index contributed by atoms with van der Waals surface area (Å²) in [6.07, 6.45) is 1.46. The molecule has 6 nitrogen and oxygen atoms in total. The average Bonchev–Trinajstić information content (AvgIpc) is 3.10.